The molecule has 2 rings (SSSR count). The molecule has 0 radical (unpaired) electrons. The molecule has 1 aromatic carbocycles. The van der Waals surface area contributed by atoms with Crippen LogP contribution in [-0.2, 0) is 16.1 Å². The van der Waals surface area contributed by atoms with E-state index in [4.69, 9.17) is 5.11 Å². The van der Waals surface area contributed by atoms with Crippen molar-refractivity contribution >= 4 is 11.9 Å². The maximum absolute atomic E-state index is 12.9. The fourth-order valence-electron chi connectivity index (χ4n) is 3.25. The number of rotatable bonds is 8. The van der Waals surface area contributed by atoms with E-state index < -0.39 is 5.97 Å². The summed E-state index contributed by atoms with van der Waals surface area (Å²) < 4.78 is 0. The second-order valence-electron chi connectivity index (χ2n) is 7.02. The maximum Gasteiger partial charge on any atom is 0.323 e. The standard InChI is InChI=1S/C19H29N3O3/c1-20(2)11-12-22(15-18(23)24)19(25)17-9-6-10-21(14-17)13-16-7-4-3-5-8-16/h3-5,7-8,17H,6,9-15H2,1-2H3,(H,23,24). The van der Waals surface area contributed by atoms with Crippen molar-refractivity contribution < 1.29 is 14.7 Å². The van der Waals surface area contributed by atoms with Crippen LogP contribution in [0.1, 0.15) is 18.4 Å². The average molecular weight is 347 g/mol. The lowest BCUT2D eigenvalue weighted by Gasteiger charge is -2.35. The Hall–Kier alpha value is -1.92. The number of likely N-dealkylation sites (tertiary alicyclic amines) is 1. The zero-order valence-corrected chi connectivity index (χ0v) is 15.2. The third-order valence-electron chi connectivity index (χ3n) is 4.56. The number of amides is 1. The Morgan fingerprint density at radius 2 is 1.92 bits per heavy atom. The first-order valence-electron chi connectivity index (χ1n) is 8.87. The highest BCUT2D eigenvalue weighted by molar-refractivity contribution is 5.83. The Balaban J connectivity index is 1.96. The van der Waals surface area contributed by atoms with E-state index >= 15 is 0 Å². The highest BCUT2D eigenvalue weighted by atomic mass is 16.4. The van der Waals surface area contributed by atoms with Crippen LogP contribution in [0.3, 0.4) is 0 Å². The number of likely N-dealkylation sites (N-methyl/N-ethyl adjacent to an activating group) is 1. The quantitative estimate of drug-likeness (QED) is 0.770. The smallest absolute Gasteiger partial charge is 0.323 e. The summed E-state index contributed by atoms with van der Waals surface area (Å²) >= 11 is 0. The first-order valence-corrected chi connectivity index (χ1v) is 8.87. The lowest BCUT2D eigenvalue weighted by molar-refractivity contribution is -0.147. The number of piperidine rings is 1. The molecule has 0 saturated carbocycles. The van der Waals surface area contributed by atoms with E-state index in [0.29, 0.717) is 19.6 Å². The summed E-state index contributed by atoms with van der Waals surface area (Å²) in [6.45, 7) is 3.41. The van der Waals surface area contributed by atoms with Crippen LogP contribution in [-0.4, -0.2) is 78.5 Å². The number of carboxylic acids is 1. The molecule has 6 heteroatoms. The van der Waals surface area contributed by atoms with Crippen LogP contribution >= 0.6 is 0 Å². The van der Waals surface area contributed by atoms with Crippen molar-refractivity contribution in [2.75, 3.05) is 46.8 Å². The predicted molar refractivity (Wildman–Crippen MR) is 97.2 cm³/mol. The Labute approximate surface area is 150 Å². The van der Waals surface area contributed by atoms with Crippen molar-refractivity contribution in [2.24, 2.45) is 5.92 Å². The molecule has 1 fully saturated rings. The van der Waals surface area contributed by atoms with Crippen LogP contribution < -0.4 is 0 Å². The van der Waals surface area contributed by atoms with Gasteiger partial charge in [0.1, 0.15) is 6.54 Å². The molecule has 25 heavy (non-hydrogen) atoms. The van der Waals surface area contributed by atoms with Crippen molar-refractivity contribution in [3.05, 3.63) is 35.9 Å². The molecule has 1 amide bonds. The number of carbonyl (C=O) groups excluding carboxylic acids is 1. The summed E-state index contributed by atoms with van der Waals surface area (Å²) in [7, 11) is 3.84. The van der Waals surface area contributed by atoms with Crippen LogP contribution in [0.2, 0.25) is 0 Å². The maximum atomic E-state index is 12.9. The fraction of sp³-hybridized carbons (Fsp3) is 0.579. The number of carbonyl (C=O) groups is 2. The van der Waals surface area contributed by atoms with Gasteiger partial charge in [-0.2, -0.15) is 0 Å². The molecule has 1 N–H and O–H groups in total. The second kappa shape index (κ2) is 9.53. The molecule has 1 heterocycles. The van der Waals surface area contributed by atoms with Crippen molar-refractivity contribution in [1.82, 2.24) is 14.7 Å². The van der Waals surface area contributed by atoms with Crippen LogP contribution in [0, 0.1) is 5.92 Å². The predicted octanol–water partition coefficient (Wildman–Crippen LogP) is 1.37. The SMILES string of the molecule is CN(C)CCN(CC(=O)O)C(=O)C1CCCN(Cc2ccccc2)C1. The molecule has 6 nitrogen and oxygen atoms in total. The van der Waals surface area contributed by atoms with Gasteiger partial charge < -0.3 is 14.9 Å². The van der Waals surface area contributed by atoms with E-state index in [1.807, 2.05) is 37.2 Å². The topological polar surface area (TPSA) is 64.1 Å². The van der Waals surface area contributed by atoms with Crippen LogP contribution in [0.5, 0.6) is 0 Å². The van der Waals surface area contributed by atoms with Gasteiger partial charge in [0, 0.05) is 26.2 Å². The number of benzene rings is 1. The van der Waals surface area contributed by atoms with E-state index in [1.54, 1.807) is 0 Å². The molecule has 1 atom stereocenters. The molecule has 1 saturated heterocycles. The zero-order valence-electron chi connectivity index (χ0n) is 15.2. The summed E-state index contributed by atoms with van der Waals surface area (Å²) in [6.07, 6.45) is 1.81. The highest BCUT2D eigenvalue weighted by Gasteiger charge is 2.30. The summed E-state index contributed by atoms with van der Waals surface area (Å²) in [4.78, 5) is 29.8. The molecule has 1 aliphatic heterocycles. The normalized spacial score (nSPS) is 18.3. The van der Waals surface area contributed by atoms with Gasteiger partial charge >= 0.3 is 5.97 Å². The van der Waals surface area contributed by atoms with Crippen molar-refractivity contribution in [2.45, 2.75) is 19.4 Å². The van der Waals surface area contributed by atoms with Crippen molar-refractivity contribution in [1.29, 1.82) is 0 Å². The van der Waals surface area contributed by atoms with Gasteiger partial charge in [-0.3, -0.25) is 14.5 Å². The van der Waals surface area contributed by atoms with Gasteiger partial charge in [-0.25, -0.2) is 0 Å². The average Bonchev–Trinajstić information content (AvgIpc) is 2.58. The Morgan fingerprint density at radius 1 is 1.20 bits per heavy atom. The lowest BCUT2D eigenvalue weighted by atomic mass is 9.96. The van der Waals surface area contributed by atoms with Crippen molar-refractivity contribution in [3.63, 3.8) is 0 Å². The van der Waals surface area contributed by atoms with E-state index in [9.17, 15) is 9.59 Å². The molecule has 0 aliphatic carbocycles. The Bertz CT molecular complexity index is 562. The van der Waals surface area contributed by atoms with E-state index in [2.05, 4.69) is 17.0 Å². The van der Waals surface area contributed by atoms with Crippen molar-refractivity contribution in [3.8, 4) is 0 Å². The summed E-state index contributed by atoms with van der Waals surface area (Å²) in [5, 5.41) is 9.13. The minimum absolute atomic E-state index is 0.0259. The highest BCUT2D eigenvalue weighted by Crippen LogP contribution is 2.20. The van der Waals surface area contributed by atoms with Gasteiger partial charge in [0.15, 0.2) is 0 Å². The molecule has 0 bridgehead atoms. The minimum atomic E-state index is -0.955. The van der Waals surface area contributed by atoms with Gasteiger partial charge in [-0.15, -0.1) is 0 Å². The molecule has 138 valence electrons. The molecule has 0 aromatic heterocycles. The van der Waals surface area contributed by atoms with Gasteiger partial charge in [-0.1, -0.05) is 30.3 Å². The lowest BCUT2D eigenvalue weighted by Crippen LogP contribution is -2.47. The third kappa shape index (κ3) is 6.48. The summed E-state index contributed by atoms with van der Waals surface area (Å²) in [5.41, 5.74) is 1.24. The van der Waals surface area contributed by atoms with Crippen LogP contribution in [0.15, 0.2) is 30.3 Å². The first-order chi connectivity index (χ1) is 12.0. The molecular formula is C19H29N3O3. The van der Waals surface area contributed by atoms with Gasteiger partial charge in [0.05, 0.1) is 5.92 Å². The molecule has 1 unspecified atom stereocenters. The second-order valence-corrected chi connectivity index (χ2v) is 7.02. The van der Waals surface area contributed by atoms with Crippen LogP contribution in [0.4, 0.5) is 0 Å². The molecule has 1 aromatic rings. The van der Waals surface area contributed by atoms with Gasteiger partial charge in [0.25, 0.3) is 0 Å². The number of carboxylic acid groups (broad SMARTS) is 1. The Kier molecular flexibility index (Phi) is 7.40. The first kappa shape index (κ1) is 19.4. The van der Waals surface area contributed by atoms with Gasteiger partial charge in [-0.05, 0) is 39.0 Å². The third-order valence-corrected chi connectivity index (χ3v) is 4.56. The summed E-state index contributed by atoms with van der Waals surface area (Å²) in [6, 6.07) is 10.2. The molecular weight excluding hydrogens is 318 g/mol. The largest absolute Gasteiger partial charge is 0.480 e. The van der Waals surface area contributed by atoms with Gasteiger partial charge in [0.2, 0.25) is 5.91 Å². The van der Waals surface area contributed by atoms with Crippen LogP contribution in [0.25, 0.3) is 0 Å². The minimum Gasteiger partial charge on any atom is -0.480 e. The van der Waals surface area contributed by atoms with E-state index in [0.717, 1.165) is 25.9 Å². The van der Waals surface area contributed by atoms with E-state index in [1.165, 1.54) is 10.5 Å². The fourth-order valence-corrected chi connectivity index (χ4v) is 3.25. The number of aliphatic carboxylic acids is 1. The van der Waals surface area contributed by atoms with E-state index in [-0.39, 0.29) is 18.4 Å². The molecule has 0 spiro atoms. The zero-order chi connectivity index (χ0) is 18.2. The summed E-state index contributed by atoms with van der Waals surface area (Å²) in [5.74, 6) is -1.09. The molecule has 1 aliphatic rings. The number of hydrogen-bond donors (Lipinski definition) is 1. The Morgan fingerprint density at radius 3 is 2.56 bits per heavy atom. The monoisotopic (exact) mass is 347 g/mol. The number of hydrogen-bond acceptors (Lipinski definition) is 4. The number of nitrogens with zero attached hydrogens (tertiary/aromatic N) is 3.